The number of ether oxygens (including phenoxy) is 1. The van der Waals surface area contributed by atoms with Gasteiger partial charge in [-0.1, -0.05) is 0 Å². The van der Waals surface area contributed by atoms with Crippen LogP contribution in [0.1, 0.15) is 6.42 Å². The van der Waals surface area contributed by atoms with Crippen molar-refractivity contribution in [3.05, 3.63) is 0 Å². The van der Waals surface area contributed by atoms with Crippen LogP contribution in [0.3, 0.4) is 0 Å². The Morgan fingerprint density at radius 3 is 1.86 bits per heavy atom. The molecule has 1 saturated heterocycles. The highest BCUT2D eigenvalue weighted by Gasteiger charge is 2.42. The summed E-state index contributed by atoms with van der Waals surface area (Å²) in [7, 11) is 0. The zero-order valence-electron chi connectivity index (χ0n) is 10.7. The molecule has 11 heteroatoms. The fraction of sp³-hybridized carbons (Fsp3) is 0.800. The second kappa shape index (κ2) is 8.84. The highest BCUT2D eigenvalue weighted by atomic mass is 16.6. The van der Waals surface area contributed by atoms with Crippen molar-refractivity contribution in [2.24, 2.45) is 0 Å². The van der Waals surface area contributed by atoms with Crippen LogP contribution in [0.4, 0.5) is 0 Å². The third-order valence-corrected chi connectivity index (χ3v) is 2.52. The Balaban J connectivity index is 0.000000400. The maximum absolute atomic E-state index is 9.72. The summed E-state index contributed by atoms with van der Waals surface area (Å²) in [6.07, 6.45) is -9.58. The number of carboxylic acid groups (broad SMARTS) is 2. The van der Waals surface area contributed by atoms with E-state index in [4.69, 9.17) is 40.9 Å². The molecule has 0 amide bonds. The minimum absolute atomic E-state index is 0.526. The van der Waals surface area contributed by atoms with E-state index >= 15 is 0 Å². The van der Waals surface area contributed by atoms with Crippen LogP contribution in [-0.4, -0.2) is 96.2 Å². The molecule has 0 aromatic rings. The fourth-order valence-electron chi connectivity index (χ4n) is 1.33. The van der Waals surface area contributed by atoms with E-state index in [9.17, 15) is 9.59 Å². The number of carboxylic acids is 2. The zero-order chi connectivity index (χ0) is 16.7. The number of aliphatic hydroxyl groups is 6. The monoisotopic (exact) mass is 314 g/mol. The number of carbonyl (C=O) groups is 2. The summed E-state index contributed by atoms with van der Waals surface area (Å²) in [5.41, 5.74) is 0. The van der Waals surface area contributed by atoms with Gasteiger partial charge in [-0.05, 0) is 0 Å². The molecule has 0 aromatic heterocycles. The first kappa shape index (κ1) is 19.7. The first-order valence-corrected chi connectivity index (χ1v) is 5.73. The van der Waals surface area contributed by atoms with Crippen molar-refractivity contribution in [2.75, 3.05) is 6.61 Å². The van der Waals surface area contributed by atoms with Crippen LogP contribution in [0.2, 0.25) is 0 Å². The molecular formula is C10H18O11. The summed E-state index contributed by atoms with van der Waals surface area (Å²) in [4.78, 5) is 19.4. The molecule has 6 atom stereocenters. The summed E-state index contributed by atoms with van der Waals surface area (Å²) in [5.74, 6) is -2.85. The minimum Gasteiger partial charge on any atom is -0.481 e. The average Bonchev–Trinajstić information content (AvgIpc) is 2.40. The van der Waals surface area contributed by atoms with Crippen molar-refractivity contribution in [3.8, 4) is 0 Å². The molecule has 1 rings (SSSR count). The molecular weight excluding hydrogens is 296 g/mol. The summed E-state index contributed by atoms with van der Waals surface area (Å²) in [5, 5.41) is 68.8. The molecule has 1 heterocycles. The topological polar surface area (TPSA) is 205 Å². The highest BCUT2D eigenvalue weighted by molar-refractivity contribution is 5.79. The van der Waals surface area contributed by atoms with Gasteiger partial charge in [0.1, 0.15) is 24.4 Å². The second-order valence-corrected chi connectivity index (χ2v) is 4.17. The molecule has 21 heavy (non-hydrogen) atoms. The van der Waals surface area contributed by atoms with Crippen LogP contribution in [0, 0.1) is 0 Å². The van der Waals surface area contributed by atoms with Crippen molar-refractivity contribution >= 4 is 11.9 Å². The second-order valence-electron chi connectivity index (χ2n) is 4.17. The third-order valence-electron chi connectivity index (χ3n) is 2.52. The molecule has 0 spiro atoms. The van der Waals surface area contributed by atoms with Gasteiger partial charge in [-0.25, -0.2) is 4.79 Å². The SMILES string of the molecule is O=C(O)CC(O)C(=O)O.OC[C@H]1OC(O)[C@H](O)[C@@H](O)[C@@H]1O. The molecule has 0 aliphatic carbocycles. The van der Waals surface area contributed by atoms with Crippen molar-refractivity contribution in [1.29, 1.82) is 0 Å². The van der Waals surface area contributed by atoms with E-state index in [2.05, 4.69) is 4.74 Å². The van der Waals surface area contributed by atoms with Crippen molar-refractivity contribution in [3.63, 3.8) is 0 Å². The van der Waals surface area contributed by atoms with E-state index in [0.717, 1.165) is 0 Å². The van der Waals surface area contributed by atoms with Crippen LogP contribution in [0.5, 0.6) is 0 Å². The first-order valence-electron chi connectivity index (χ1n) is 5.73. The van der Waals surface area contributed by atoms with Gasteiger partial charge in [0.05, 0.1) is 13.0 Å². The predicted octanol–water partition coefficient (Wildman–Crippen LogP) is -4.31. The Bertz CT molecular complexity index is 341. The lowest BCUT2D eigenvalue weighted by Crippen LogP contribution is -2.58. The van der Waals surface area contributed by atoms with Crippen LogP contribution in [-0.2, 0) is 14.3 Å². The molecule has 0 saturated carbocycles. The maximum Gasteiger partial charge on any atom is 0.333 e. The van der Waals surface area contributed by atoms with Gasteiger partial charge in [-0.3, -0.25) is 4.79 Å². The van der Waals surface area contributed by atoms with E-state index in [1.165, 1.54) is 0 Å². The third kappa shape index (κ3) is 6.31. The van der Waals surface area contributed by atoms with Gasteiger partial charge in [-0.15, -0.1) is 0 Å². The Morgan fingerprint density at radius 1 is 1.00 bits per heavy atom. The van der Waals surface area contributed by atoms with E-state index in [0.29, 0.717) is 0 Å². The predicted molar refractivity (Wildman–Crippen MR) is 61.9 cm³/mol. The van der Waals surface area contributed by atoms with Gasteiger partial charge in [0, 0.05) is 0 Å². The van der Waals surface area contributed by atoms with Crippen molar-refractivity contribution in [2.45, 2.75) is 43.2 Å². The lowest BCUT2D eigenvalue weighted by atomic mass is 10.00. The van der Waals surface area contributed by atoms with E-state index in [-0.39, 0.29) is 0 Å². The van der Waals surface area contributed by atoms with E-state index in [1.807, 2.05) is 0 Å². The number of rotatable bonds is 4. The first-order chi connectivity index (χ1) is 9.61. The molecule has 11 nitrogen and oxygen atoms in total. The lowest BCUT2D eigenvalue weighted by molar-refractivity contribution is -0.286. The van der Waals surface area contributed by atoms with Gasteiger partial charge in [0.2, 0.25) is 0 Å². The molecule has 1 fully saturated rings. The average molecular weight is 314 g/mol. The van der Waals surface area contributed by atoms with Crippen LogP contribution in [0.15, 0.2) is 0 Å². The zero-order valence-corrected chi connectivity index (χ0v) is 10.7. The number of aliphatic hydroxyl groups excluding tert-OH is 6. The van der Waals surface area contributed by atoms with Gasteiger partial charge < -0.3 is 45.6 Å². The van der Waals surface area contributed by atoms with Crippen LogP contribution < -0.4 is 0 Å². The minimum atomic E-state index is -1.79. The molecule has 8 N–H and O–H groups in total. The van der Waals surface area contributed by atoms with E-state index in [1.54, 1.807) is 0 Å². The van der Waals surface area contributed by atoms with Crippen LogP contribution in [0.25, 0.3) is 0 Å². The normalized spacial score (nSPS) is 33.5. The Labute approximate surface area is 118 Å². The Morgan fingerprint density at radius 2 is 1.52 bits per heavy atom. The lowest BCUT2D eigenvalue weighted by Gasteiger charge is -2.37. The van der Waals surface area contributed by atoms with E-state index < -0.39 is 61.8 Å². The summed E-state index contributed by atoms with van der Waals surface area (Å²) < 4.78 is 4.58. The number of hydrogen-bond acceptors (Lipinski definition) is 9. The molecule has 1 aliphatic rings. The van der Waals surface area contributed by atoms with Gasteiger partial charge in [0.15, 0.2) is 12.4 Å². The Kier molecular flexibility index (Phi) is 8.27. The molecule has 1 aliphatic heterocycles. The summed E-state index contributed by atoms with van der Waals surface area (Å²) in [6, 6.07) is 0. The largest absolute Gasteiger partial charge is 0.481 e. The Hall–Kier alpha value is -1.34. The number of aliphatic carboxylic acids is 2. The maximum atomic E-state index is 9.72. The van der Waals surface area contributed by atoms with Crippen molar-refractivity contribution in [1.82, 2.24) is 0 Å². The number of hydrogen-bond donors (Lipinski definition) is 8. The van der Waals surface area contributed by atoms with Gasteiger partial charge in [-0.2, -0.15) is 0 Å². The van der Waals surface area contributed by atoms with Gasteiger partial charge >= 0.3 is 11.9 Å². The smallest absolute Gasteiger partial charge is 0.333 e. The molecule has 0 radical (unpaired) electrons. The quantitative estimate of drug-likeness (QED) is 0.249. The highest BCUT2D eigenvalue weighted by Crippen LogP contribution is 2.18. The molecule has 124 valence electrons. The molecule has 0 bridgehead atoms. The molecule has 0 aromatic carbocycles. The van der Waals surface area contributed by atoms with Gasteiger partial charge in [0.25, 0.3) is 0 Å². The summed E-state index contributed by atoms with van der Waals surface area (Å²) in [6.45, 7) is -0.526. The summed E-state index contributed by atoms with van der Waals surface area (Å²) >= 11 is 0. The van der Waals surface area contributed by atoms with Crippen molar-refractivity contribution < 1.29 is 55.2 Å². The standard InChI is InChI=1S/C6H12O6.C4H6O5/c7-1-2-3(8)4(9)5(10)6(11)12-2;5-2(4(8)9)1-3(6)7/h2-11H,1H2;2,5H,1H2,(H,6,7)(H,8,9)/t2-,3-,4+,5-,6?;/m1./s1. The fourth-order valence-corrected chi connectivity index (χ4v) is 1.33. The van der Waals surface area contributed by atoms with Crippen LogP contribution >= 0.6 is 0 Å². The molecule has 2 unspecified atom stereocenters.